The van der Waals surface area contributed by atoms with Crippen LogP contribution in [-0.4, -0.2) is 17.8 Å². The molecule has 1 aliphatic carbocycles. The van der Waals surface area contributed by atoms with Crippen molar-refractivity contribution in [3.8, 4) is 17.0 Å². The summed E-state index contributed by atoms with van der Waals surface area (Å²) in [6, 6.07) is 12.4. The van der Waals surface area contributed by atoms with E-state index in [1.54, 1.807) is 19.2 Å². The number of anilines is 1. The average Bonchev–Trinajstić information content (AvgIpc) is 3.15. The Kier molecular flexibility index (Phi) is 4.67. The first-order valence-electron chi connectivity index (χ1n) is 8.45. The molecule has 0 amide bonds. The SMILES string of the molecule is COc1cccc2c1CCC/C2=N\Nc1nc(-c2ccc(F)cc2)cs1. The van der Waals surface area contributed by atoms with Gasteiger partial charge < -0.3 is 4.74 Å². The Morgan fingerprint density at radius 2 is 2.00 bits per heavy atom. The molecule has 3 aromatic rings. The fraction of sp³-hybridized carbons (Fsp3) is 0.200. The van der Waals surface area contributed by atoms with Crippen LogP contribution in [0.2, 0.25) is 0 Å². The van der Waals surface area contributed by atoms with Crippen molar-refractivity contribution < 1.29 is 9.13 Å². The summed E-state index contributed by atoms with van der Waals surface area (Å²) in [5.74, 6) is 0.669. The summed E-state index contributed by atoms with van der Waals surface area (Å²) in [6.07, 6.45) is 2.97. The number of nitrogens with zero attached hydrogens (tertiary/aromatic N) is 2. The Labute approximate surface area is 155 Å². The summed E-state index contributed by atoms with van der Waals surface area (Å²) >= 11 is 1.48. The van der Waals surface area contributed by atoms with Crippen LogP contribution in [0.15, 0.2) is 52.9 Å². The van der Waals surface area contributed by atoms with Crippen LogP contribution in [-0.2, 0) is 6.42 Å². The van der Waals surface area contributed by atoms with Crippen molar-refractivity contribution in [2.45, 2.75) is 19.3 Å². The average molecular weight is 367 g/mol. The monoisotopic (exact) mass is 367 g/mol. The Morgan fingerprint density at radius 3 is 2.81 bits per heavy atom. The third kappa shape index (κ3) is 3.32. The molecule has 0 aliphatic heterocycles. The Bertz CT molecular complexity index is 950. The van der Waals surface area contributed by atoms with Crippen molar-refractivity contribution in [2.24, 2.45) is 5.10 Å². The number of hydrogen-bond donors (Lipinski definition) is 1. The Morgan fingerprint density at radius 1 is 1.15 bits per heavy atom. The maximum atomic E-state index is 13.1. The van der Waals surface area contributed by atoms with E-state index in [1.807, 2.05) is 17.5 Å². The number of fused-ring (bicyclic) bond motifs is 1. The number of ether oxygens (including phenoxy) is 1. The van der Waals surface area contributed by atoms with Gasteiger partial charge in [-0.3, -0.25) is 5.43 Å². The minimum Gasteiger partial charge on any atom is -0.496 e. The predicted molar refractivity (Wildman–Crippen MR) is 104 cm³/mol. The summed E-state index contributed by atoms with van der Waals surface area (Å²) in [4.78, 5) is 4.54. The lowest BCUT2D eigenvalue weighted by atomic mass is 9.89. The highest BCUT2D eigenvalue weighted by Crippen LogP contribution is 2.30. The van der Waals surface area contributed by atoms with E-state index in [1.165, 1.54) is 29.0 Å². The normalized spacial score (nSPS) is 14.9. The molecule has 4 nitrogen and oxygen atoms in total. The minimum absolute atomic E-state index is 0.250. The molecule has 0 unspecified atom stereocenters. The number of aromatic nitrogens is 1. The molecule has 0 spiro atoms. The van der Waals surface area contributed by atoms with E-state index in [0.717, 1.165) is 47.5 Å². The summed E-state index contributed by atoms with van der Waals surface area (Å²) in [5, 5.41) is 7.24. The minimum atomic E-state index is -0.250. The van der Waals surface area contributed by atoms with Gasteiger partial charge in [0.25, 0.3) is 0 Å². The number of rotatable bonds is 4. The molecular weight excluding hydrogens is 349 g/mol. The highest BCUT2D eigenvalue weighted by molar-refractivity contribution is 7.14. The first-order valence-corrected chi connectivity index (χ1v) is 9.33. The summed E-state index contributed by atoms with van der Waals surface area (Å²) in [6.45, 7) is 0. The molecule has 0 atom stereocenters. The fourth-order valence-corrected chi connectivity index (χ4v) is 3.82. The molecule has 1 N–H and O–H groups in total. The second-order valence-corrected chi connectivity index (χ2v) is 6.91. The number of benzene rings is 2. The molecule has 0 fully saturated rings. The molecule has 4 rings (SSSR count). The van der Waals surface area contributed by atoms with Gasteiger partial charge in [-0.1, -0.05) is 12.1 Å². The molecule has 0 saturated carbocycles. The van der Waals surface area contributed by atoms with E-state index in [2.05, 4.69) is 21.6 Å². The van der Waals surface area contributed by atoms with Crippen molar-refractivity contribution in [3.63, 3.8) is 0 Å². The van der Waals surface area contributed by atoms with Crippen molar-refractivity contribution >= 4 is 22.2 Å². The first-order chi connectivity index (χ1) is 12.7. The van der Waals surface area contributed by atoms with Crippen LogP contribution in [0.5, 0.6) is 5.75 Å². The van der Waals surface area contributed by atoms with Gasteiger partial charge in [-0.15, -0.1) is 11.3 Å². The van der Waals surface area contributed by atoms with Gasteiger partial charge in [-0.2, -0.15) is 5.10 Å². The van der Waals surface area contributed by atoms with E-state index in [0.29, 0.717) is 5.13 Å². The van der Waals surface area contributed by atoms with Crippen molar-refractivity contribution in [3.05, 3.63) is 64.8 Å². The van der Waals surface area contributed by atoms with Crippen LogP contribution in [0.25, 0.3) is 11.3 Å². The number of methoxy groups -OCH3 is 1. The molecule has 2 aromatic carbocycles. The summed E-state index contributed by atoms with van der Waals surface area (Å²) < 4.78 is 18.5. The Balaban J connectivity index is 1.56. The number of hydrazone groups is 1. The third-order valence-electron chi connectivity index (χ3n) is 4.43. The number of nitrogens with one attached hydrogen (secondary N) is 1. The van der Waals surface area contributed by atoms with Crippen LogP contribution in [0.1, 0.15) is 24.0 Å². The molecule has 1 aromatic heterocycles. The number of hydrogen-bond acceptors (Lipinski definition) is 5. The lowest BCUT2D eigenvalue weighted by Crippen LogP contribution is -2.14. The third-order valence-corrected chi connectivity index (χ3v) is 5.18. The molecule has 1 aliphatic rings. The lowest BCUT2D eigenvalue weighted by Gasteiger charge is -2.20. The molecular formula is C20H18FN3OS. The van der Waals surface area contributed by atoms with Gasteiger partial charge in [0.05, 0.1) is 18.5 Å². The molecule has 6 heteroatoms. The highest BCUT2D eigenvalue weighted by atomic mass is 32.1. The van der Waals surface area contributed by atoms with E-state index in [-0.39, 0.29) is 5.82 Å². The zero-order chi connectivity index (χ0) is 17.9. The van der Waals surface area contributed by atoms with Crippen LogP contribution in [0.3, 0.4) is 0 Å². The summed E-state index contributed by atoms with van der Waals surface area (Å²) in [7, 11) is 1.70. The first kappa shape index (κ1) is 16.7. The van der Waals surface area contributed by atoms with Gasteiger partial charge in [0.15, 0.2) is 0 Å². The topological polar surface area (TPSA) is 46.5 Å². The van der Waals surface area contributed by atoms with E-state index in [4.69, 9.17) is 4.74 Å². The van der Waals surface area contributed by atoms with E-state index < -0.39 is 0 Å². The zero-order valence-electron chi connectivity index (χ0n) is 14.3. The van der Waals surface area contributed by atoms with Crippen LogP contribution >= 0.6 is 11.3 Å². The van der Waals surface area contributed by atoms with Crippen LogP contribution in [0, 0.1) is 5.82 Å². The molecule has 0 radical (unpaired) electrons. The number of halogens is 1. The predicted octanol–water partition coefficient (Wildman–Crippen LogP) is 5.11. The van der Waals surface area contributed by atoms with Crippen LogP contribution in [0.4, 0.5) is 9.52 Å². The van der Waals surface area contributed by atoms with Gasteiger partial charge in [-0.25, -0.2) is 9.37 Å². The lowest BCUT2D eigenvalue weighted by molar-refractivity contribution is 0.408. The zero-order valence-corrected chi connectivity index (χ0v) is 15.1. The molecule has 26 heavy (non-hydrogen) atoms. The quantitative estimate of drug-likeness (QED) is 0.652. The second kappa shape index (κ2) is 7.25. The molecule has 0 bridgehead atoms. The maximum absolute atomic E-state index is 13.1. The van der Waals surface area contributed by atoms with Gasteiger partial charge in [0.1, 0.15) is 11.6 Å². The Hall–Kier alpha value is -2.73. The largest absolute Gasteiger partial charge is 0.496 e. The molecule has 132 valence electrons. The van der Waals surface area contributed by atoms with Crippen LogP contribution < -0.4 is 10.2 Å². The van der Waals surface area contributed by atoms with Gasteiger partial charge in [0.2, 0.25) is 5.13 Å². The second-order valence-electron chi connectivity index (χ2n) is 6.06. The molecule has 1 heterocycles. The maximum Gasteiger partial charge on any atom is 0.203 e. The standard InChI is InChI=1S/C20H18FN3OS/c1-25-19-7-3-4-15-16(19)5-2-6-17(15)23-24-20-22-18(12-26-20)13-8-10-14(21)11-9-13/h3-4,7-12H,2,5-6H2,1H3,(H,22,24)/b23-17+. The van der Waals surface area contributed by atoms with Crippen molar-refractivity contribution in [1.82, 2.24) is 4.98 Å². The van der Waals surface area contributed by atoms with Gasteiger partial charge in [-0.05, 0) is 49.6 Å². The van der Waals surface area contributed by atoms with Gasteiger partial charge in [0, 0.05) is 22.1 Å². The number of thiazole rings is 1. The molecule has 0 saturated heterocycles. The van der Waals surface area contributed by atoms with E-state index >= 15 is 0 Å². The smallest absolute Gasteiger partial charge is 0.203 e. The van der Waals surface area contributed by atoms with Gasteiger partial charge >= 0.3 is 0 Å². The van der Waals surface area contributed by atoms with Crippen molar-refractivity contribution in [1.29, 1.82) is 0 Å². The summed E-state index contributed by atoms with van der Waals surface area (Å²) in [5.41, 5.74) is 8.14. The van der Waals surface area contributed by atoms with Crippen molar-refractivity contribution in [2.75, 3.05) is 12.5 Å². The fourth-order valence-electron chi connectivity index (χ4n) is 3.16. The highest BCUT2D eigenvalue weighted by Gasteiger charge is 2.19. The van der Waals surface area contributed by atoms with E-state index in [9.17, 15) is 4.39 Å².